The number of hydrogen-bond donors (Lipinski definition) is 1. The largest absolute Gasteiger partial charge is 0.320 e. The Labute approximate surface area is 160 Å². The number of fused-ring (bicyclic) bond motifs is 3. The van der Waals surface area contributed by atoms with E-state index in [9.17, 15) is 0 Å². The molecule has 0 saturated heterocycles. The molecule has 27 heavy (non-hydrogen) atoms. The molecule has 0 saturated carbocycles. The summed E-state index contributed by atoms with van der Waals surface area (Å²) in [5, 5.41) is 4.96. The van der Waals surface area contributed by atoms with Crippen LogP contribution in [0.2, 0.25) is 0 Å². The molecule has 0 aliphatic heterocycles. The molecular weight excluding hydrogens is 326 g/mol. The van der Waals surface area contributed by atoms with Crippen LogP contribution in [-0.4, -0.2) is 0 Å². The molecule has 1 atom stereocenters. The van der Waals surface area contributed by atoms with Crippen molar-refractivity contribution in [3.05, 3.63) is 114 Å². The molecule has 0 bridgehead atoms. The lowest BCUT2D eigenvalue weighted by Crippen LogP contribution is -2.08. The molecule has 2 N–H and O–H groups in total. The van der Waals surface area contributed by atoms with Crippen LogP contribution in [0.15, 0.2) is 103 Å². The fourth-order valence-electron chi connectivity index (χ4n) is 3.93. The van der Waals surface area contributed by atoms with Crippen molar-refractivity contribution in [3.8, 4) is 0 Å². The van der Waals surface area contributed by atoms with E-state index < -0.39 is 0 Å². The van der Waals surface area contributed by atoms with Gasteiger partial charge in [-0.2, -0.15) is 0 Å². The number of rotatable bonds is 3. The van der Waals surface area contributed by atoms with Gasteiger partial charge in [0.2, 0.25) is 0 Å². The SMILES string of the molecule is C=C/C=C/C=C1\C(=C(/C)C=C)c2cc3cc4ccccc4cc3cc2C1N. The Balaban J connectivity index is 2.01. The van der Waals surface area contributed by atoms with Crippen LogP contribution in [0.3, 0.4) is 0 Å². The third kappa shape index (κ3) is 2.87. The molecule has 1 aliphatic rings. The Kier molecular flexibility index (Phi) is 4.39. The van der Waals surface area contributed by atoms with Gasteiger partial charge in [-0.3, -0.25) is 0 Å². The fraction of sp³-hybridized carbons (Fsp3) is 0.0769. The number of nitrogens with two attached hydrogens (primary N) is 1. The summed E-state index contributed by atoms with van der Waals surface area (Å²) < 4.78 is 0. The maximum absolute atomic E-state index is 6.66. The molecule has 1 unspecified atom stereocenters. The van der Waals surface area contributed by atoms with Crippen LogP contribution in [0.1, 0.15) is 24.1 Å². The highest BCUT2D eigenvalue weighted by molar-refractivity contribution is 6.02. The molecule has 4 rings (SSSR count). The Hall–Kier alpha value is -3.16. The maximum Gasteiger partial charge on any atom is 0.0564 e. The first-order valence-corrected chi connectivity index (χ1v) is 9.19. The molecule has 3 aromatic carbocycles. The highest BCUT2D eigenvalue weighted by atomic mass is 14.7. The number of hydrogen-bond acceptors (Lipinski definition) is 1. The van der Waals surface area contributed by atoms with Crippen molar-refractivity contribution in [2.75, 3.05) is 0 Å². The minimum Gasteiger partial charge on any atom is -0.320 e. The minimum absolute atomic E-state index is 0.143. The van der Waals surface area contributed by atoms with Gasteiger partial charge in [-0.25, -0.2) is 0 Å². The zero-order chi connectivity index (χ0) is 19.0. The van der Waals surface area contributed by atoms with E-state index in [0.29, 0.717) is 0 Å². The third-order valence-corrected chi connectivity index (χ3v) is 5.32. The molecule has 0 aromatic heterocycles. The van der Waals surface area contributed by atoms with Gasteiger partial charge in [0.15, 0.2) is 0 Å². The van der Waals surface area contributed by atoms with E-state index >= 15 is 0 Å². The van der Waals surface area contributed by atoms with Crippen molar-refractivity contribution in [1.29, 1.82) is 0 Å². The summed E-state index contributed by atoms with van der Waals surface area (Å²) in [7, 11) is 0. The summed E-state index contributed by atoms with van der Waals surface area (Å²) in [4.78, 5) is 0. The molecule has 0 spiro atoms. The zero-order valence-corrected chi connectivity index (χ0v) is 15.6. The van der Waals surface area contributed by atoms with Gasteiger partial charge in [-0.1, -0.05) is 67.8 Å². The molecule has 0 amide bonds. The van der Waals surface area contributed by atoms with Gasteiger partial charge in [-0.05, 0) is 80.6 Å². The van der Waals surface area contributed by atoms with Crippen molar-refractivity contribution in [2.24, 2.45) is 5.73 Å². The minimum atomic E-state index is -0.143. The van der Waals surface area contributed by atoms with E-state index in [4.69, 9.17) is 5.73 Å². The van der Waals surface area contributed by atoms with E-state index in [2.05, 4.69) is 74.7 Å². The van der Waals surface area contributed by atoms with E-state index in [1.165, 1.54) is 38.2 Å². The van der Waals surface area contributed by atoms with Gasteiger partial charge < -0.3 is 5.73 Å². The Morgan fingerprint density at radius 3 is 2.22 bits per heavy atom. The van der Waals surface area contributed by atoms with Crippen molar-refractivity contribution >= 4 is 27.1 Å². The lowest BCUT2D eigenvalue weighted by Gasteiger charge is -2.08. The predicted octanol–water partition coefficient (Wildman–Crippen LogP) is 6.63. The average Bonchev–Trinajstić information content (AvgIpc) is 2.95. The first-order chi connectivity index (χ1) is 13.1. The lowest BCUT2D eigenvalue weighted by molar-refractivity contribution is 0.903. The molecule has 3 aromatic rings. The van der Waals surface area contributed by atoms with Crippen LogP contribution in [0.25, 0.3) is 27.1 Å². The van der Waals surface area contributed by atoms with E-state index in [-0.39, 0.29) is 6.04 Å². The highest BCUT2D eigenvalue weighted by Gasteiger charge is 2.30. The van der Waals surface area contributed by atoms with Crippen molar-refractivity contribution in [1.82, 2.24) is 0 Å². The summed E-state index contributed by atoms with van der Waals surface area (Å²) in [5.74, 6) is 0. The molecule has 0 radical (unpaired) electrons. The van der Waals surface area contributed by atoms with Crippen molar-refractivity contribution < 1.29 is 0 Å². The van der Waals surface area contributed by atoms with Gasteiger partial charge in [-0.15, -0.1) is 0 Å². The summed E-state index contributed by atoms with van der Waals surface area (Å²) in [6.45, 7) is 9.82. The fourth-order valence-corrected chi connectivity index (χ4v) is 3.93. The number of benzene rings is 3. The molecular formula is C26H23N. The molecule has 132 valence electrons. The van der Waals surface area contributed by atoms with Gasteiger partial charge in [0.25, 0.3) is 0 Å². The first-order valence-electron chi connectivity index (χ1n) is 9.19. The van der Waals surface area contributed by atoms with Gasteiger partial charge >= 0.3 is 0 Å². The second-order valence-electron chi connectivity index (χ2n) is 6.97. The molecule has 1 heteroatoms. The second kappa shape index (κ2) is 6.86. The summed E-state index contributed by atoms with van der Waals surface area (Å²) >= 11 is 0. The predicted molar refractivity (Wildman–Crippen MR) is 119 cm³/mol. The topological polar surface area (TPSA) is 26.0 Å². The molecule has 1 nitrogen and oxygen atoms in total. The summed E-state index contributed by atoms with van der Waals surface area (Å²) in [6.07, 6.45) is 9.70. The van der Waals surface area contributed by atoms with Crippen LogP contribution in [0.5, 0.6) is 0 Å². The van der Waals surface area contributed by atoms with Crippen LogP contribution in [0.4, 0.5) is 0 Å². The van der Waals surface area contributed by atoms with Gasteiger partial charge in [0.1, 0.15) is 0 Å². The van der Waals surface area contributed by atoms with Crippen molar-refractivity contribution in [3.63, 3.8) is 0 Å². The van der Waals surface area contributed by atoms with Crippen LogP contribution in [0, 0.1) is 0 Å². The normalized spacial score (nSPS) is 19.8. The van der Waals surface area contributed by atoms with Crippen LogP contribution < -0.4 is 5.73 Å². The molecule has 0 heterocycles. The smallest absolute Gasteiger partial charge is 0.0564 e. The summed E-state index contributed by atoms with van der Waals surface area (Å²) in [5.41, 5.74) is 12.5. The van der Waals surface area contributed by atoms with Gasteiger partial charge in [0, 0.05) is 0 Å². The highest BCUT2D eigenvalue weighted by Crippen LogP contribution is 2.46. The quantitative estimate of drug-likeness (QED) is 0.416. The van der Waals surface area contributed by atoms with E-state index in [1.54, 1.807) is 6.08 Å². The Morgan fingerprint density at radius 2 is 1.59 bits per heavy atom. The third-order valence-electron chi connectivity index (χ3n) is 5.32. The Morgan fingerprint density at radius 1 is 0.926 bits per heavy atom. The molecule has 0 fully saturated rings. The summed E-state index contributed by atoms with van der Waals surface area (Å²) in [6, 6.07) is 17.4. The van der Waals surface area contributed by atoms with Gasteiger partial charge in [0.05, 0.1) is 6.04 Å². The average molecular weight is 349 g/mol. The van der Waals surface area contributed by atoms with Crippen molar-refractivity contribution in [2.45, 2.75) is 13.0 Å². The van der Waals surface area contributed by atoms with Crippen LogP contribution >= 0.6 is 0 Å². The number of allylic oxidation sites excluding steroid dienone is 6. The zero-order valence-electron chi connectivity index (χ0n) is 15.6. The van der Waals surface area contributed by atoms with E-state index in [1.807, 2.05) is 18.2 Å². The standard InChI is InChI=1S/C26H23N/c1-4-6-7-12-22-25(17(3)5-2)23-15-20-13-18-10-8-9-11-19(18)14-21(20)16-24(23)26(22)27/h4-16,26H,1-2,27H2,3H3/b7-6+,22-12+,25-17-. The monoisotopic (exact) mass is 349 g/mol. The Bertz CT molecular complexity index is 1170. The van der Waals surface area contributed by atoms with Crippen LogP contribution in [-0.2, 0) is 0 Å². The van der Waals surface area contributed by atoms with E-state index in [0.717, 1.165) is 11.1 Å². The second-order valence-corrected chi connectivity index (χ2v) is 6.97. The maximum atomic E-state index is 6.66. The molecule has 1 aliphatic carbocycles. The first kappa shape index (κ1) is 17.3. The lowest BCUT2D eigenvalue weighted by atomic mass is 9.95.